The molecule has 2 atom stereocenters. The summed E-state index contributed by atoms with van der Waals surface area (Å²) in [5.74, 6) is -0.432. The fourth-order valence-electron chi connectivity index (χ4n) is 0.975. The van der Waals surface area contributed by atoms with Crippen LogP contribution in [0.2, 0.25) is 0 Å². The van der Waals surface area contributed by atoms with Crippen LogP contribution in [0.25, 0.3) is 0 Å². The van der Waals surface area contributed by atoms with Crippen molar-refractivity contribution < 1.29 is 9.47 Å². The van der Waals surface area contributed by atoms with Crippen LogP contribution in [0, 0.1) is 0 Å². The normalized spacial score (nSPS) is 34.2. The fraction of sp³-hybridized carbons (Fsp3) is 1.00. The van der Waals surface area contributed by atoms with Crippen molar-refractivity contribution in [3.05, 3.63) is 0 Å². The lowest BCUT2D eigenvalue weighted by atomic mass is 10.2. The third-order valence-corrected chi connectivity index (χ3v) is 1.62. The summed E-state index contributed by atoms with van der Waals surface area (Å²) in [6.07, 6.45) is 0.0648. The number of rotatable bonds is 1. The van der Waals surface area contributed by atoms with Crippen LogP contribution >= 0.6 is 0 Å². The van der Waals surface area contributed by atoms with Gasteiger partial charge in [-0.1, -0.05) is 0 Å². The van der Waals surface area contributed by atoms with Crippen molar-refractivity contribution in [1.82, 2.24) is 0 Å². The first-order valence-corrected chi connectivity index (χ1v) is 3.58. The molecule has 0 spiro atoms. The molecule has 0 aromatic rings. The Morgan fingerprint density at radius 1 is 1.60 bits per heavy atom. The highest BCUT2D eigenvalue weighted by molar-refractivity contribution is 4.76. The molecule has 60 valence electrons. The summed E-state index contributed by atoms with van der Waals surface area (Å²) < 4.78 is 10.8. The lowest BCUT2D eigenvalue weighted by Crippen LogP contribution is -2.34. The van der Waals surface area contributed by atoms with Crippen LogP contribution in [0.15, 0.2) is 0 Å². The molecule has 0 amide bonds. The zero-order valence-electron chi connectivity index (χ0n) is 6.76. The zero-order chi connectivity index (χ0) is 7.78. The molecule has 1 rings (SSSR count). The molecule has 0 saturated carbocycles. The second-order valence-electron chi connectivity index (χ2n) is 3.23. The SMILES string of the molecule is CC(N)C1COC(C)(C)O1. The maximum atomic E-state index is 5.61. The van der Waals surface area contributed by atoms with Gasteiger partial charge in [0.2, 0.25) is 0 Å². The van der Waals surface area contributed by atoms with E-state index in [-0.39, 0.29) is 12.1 Å². The Labute approximate surface area is 61.5 Å². The van der Waals surface area contributed by atoms with E-state index in [0.29, 0.717) is 6.61 Å². The van der Waals surface area contributed by atoms with Gasteiger partial charge in [-0.05, 0) is 20.8 Å². The van der Waals surface area contributed by atoms with E-state index in [0.717, 1.165) is 0 Å². The molecular weight excluding hydrogens is 130 g/mol. The standard InChI is InChI=1S/C7H15NO2/c1-5(8)6-4-9-7(2,3)10-6/h5-6H,4,8H2,1-3H3. The van der Waals surface area contributed by atoms with Crippen molar-refractivity contribution in [2.45, 2.75) is 38.7 Å². The third kappa shape index (κ3) is 1.68. The first kappa shape index (κ1) is 7.98. The van der Waals surface area contributed by atoms with Gasteiger partial charge >= 0.3 is 0 Å². The Balaban J connectivity index is 2.43. The van der Waals surface area contributed by atoms with Crippen LogP contribution in [-0.4, -0.2) is 24.5 Å². The lowest BCUT2D eigenvalue weighted by Gasteiger charge is -2.18. The second-order valence-corrected chi connectivity index (χ2v) is 3.23. The van der Waals surface area contributed by atoms with Crippen LogP contribution in [0.1, 0.15) is 20.8 Å². The molecule has 2 N–H and O–H groups in total. The smallest absolute Gasteiger partial charge is 0.163 e. The third-order valence-electron chi connectivity index (χ3n) is 1.62. The van der Waals surface area contributed by atoms with Crippen molar-refractivity contribution >= 4 is 0 Å². The average molecular weight is 145 g/mol. The fourth-order valence-corrected chi connectivity index (χ4v) is 0.975. The minimum atomic E-state index is -0.432. The molecule has 2 unspecified atom stereocenters. The van der Waals surface area contributed by atoms with Crippen LogP contribution in [-0.2, 0) is 9.47 Å². The zero-order valence-corrected chi connectivity index (χ0v) is 6.76. The molecule has 3 nitrogen and oxygen atoms in total. The number of ether oxygens (including phenoxy) is 2. The van der Waals surface area contributed by atoms with E-state index in [4.69, 9.17) is 15.2 Å². The predicted molar refractivity (Wildman–Crippen MR) is 38.6 cm³/mol. The van der Waals surface area contributed by atoms with E-state index < -0.39 is 5.79 Å². The quantitative estimate of drug-likeness (QED) is 0.584. The van der Waals surface area contributed by atoms with Crippen LogP contribution in [0.3, 0.4) is 0 Å². The lowest BCUT2D eigenvalue weighted by molar-refractivity contribution is -0.140. The minimum absolute atomic E-state index is 0.0572. The molecule has 1 fully saturated rings. The van der Waals surface area contributed by atoms with Crippen LogP contribution in [0.4, 0.5) is 0 Å². The molecule has 0 aliphatic carbocycles. The molecule has 10 heavy (non-hydrogen) atoms. The Hall–Kier alpha value is -0.120. The van der Waals surface area contributed by atoms with Crippen LogP contribution in [0.5, 0.6) is 0 Å². The maximum Gasteiger partial charge on any atom is 0.163 e. The highest BCUT2D eigenvalue weighted by atomic mass is 16.7. The summed E-state index contributed by atoms with van der Waals surface area (Å²) in [6.45, 7) is 6.34. The van der Waals surface area contributed by atoms with Gasteiger partial charge in [0, 0.05) is 6.04 Å². The summed E-state index contributed by atoms with van der Waals surface area (Å²) in [5.41, 5.74) is 5.61. The second kappa shape index (κ2) is 2.49. The highest BCUT2D eigenvalue weighted by Gasteiger charge is 2.34. The minimum Gasteiger partial charge on any atom is -0.348 e. The van der Waals surface area contributed by atoms with E-state index >= 15 is 0 Å². The van der Waals surface area contributed by atoms with Crippen molar-refractivity contribution in [3.63, 3.8) is 0 Å². The molecule has 3 heteroatoms. The highest BCUT2D eigenvalue weighted by Crippen LogP contribution is 2.23. The van der Waals surface area contributed by atoms with Gasteiger partial charge in [0.25, 0.3) is 0 Å². The molecule has 1 aliphatic heterocycles. The summed E-state index contributed by atoms with van der Waals surface area (Å²) in [5, 5.41) is 0. The van der Waals surface area contributed by atoms with Gasteiger partial charge in [0.1, 0.15) is 0 Å². The number of hydrogen-bond donors (Lipinski definition) is 1. The van der Waals surface area contributed by atoms with Gasteiger partial charge in [0.15, 0.2) is 5.79 Å². The monoisotopic (exact) mass is 145 g/mol. The molecule has 0 aromatic carbocycles. The average Bonchev–Trinajstić information content (AvgIpc) is 2.10. The molecule has 0 bridgehead atoms. The molecule has 0 radical (unpaired) electrons. The molecule has 1 heterocycles. The molecule has 1 aliphatic rings. The van der Waals surface area contributed by atoms with Gasteiger partial charge in [-0.25, -0.2) is 0 Å². The van der Waals surface area contributed by atoms with E-state index in [1.54, 1.807) is 0 Å². The van der Waals surface area contributed by atoms with E-state index in [2.05, 4.69) is 0 Å². The van der Waals surface area contributed by atoms with Crippen molar-refractivity contribution in [2.75, 3.05) is 6.61 Å². The number of nitrogens with two attached hydrogens (primary N) is 1. The first-order valence-electron chi connectivity index (χ1n) is 3.58. The Kier molecular flexibility index (Phi) is 1.99. The largest absolute Gasteiger partial charge is 0.348 e. The number of hydrogen-bond acceptors (Lipinski definition) is 3. The van der Waals surface area contributed by atoms with Gasteiger partial charge in [0.05, 0.1) is 12.7 Å². The molecular formula is C7H15NO2. The summed E-state index contributed by atoms with van der Waals surface area (Å²) in [7, 11) is 0. The maximum absolute atomic E-state index is 5.61. The molecule has 0 aromatic heterocycles. The topological polar surface area (TPSA) is 44.5 Å². The Morgan fingerprint density at radius 3 is 2.40 bits per heavy atom. The van der Waals surface area contributed by atoms with E-state index in [1.807, 2.05) is 20.8 Å². The van der Waals surface area contributed by atoms with Crippen molar-refractivity contribution in [1.29, 1.82) is 0 Å². The van der Waals surface area contributed by atoms with Gasteiger partial charge in [-0.15, -0.1) is 0 Å². The van der Waals surface area contributed by atoms with E-state index in [9.17, 15) is 0 Å². The summed E-state index contributed by atoms with van der Waals surface area (Å²) in [6, 6.07) is 0.0572. The summed E-state index contributed by atoms with van der Waals surface area (Å²) in [4.78, 5) is 0. The first-order chi connectivity index (χ1) is 4.51. The van der Waals surface area contributed by atoms with Gasteiger partial charge in [-0.3, -0.25) is 0 Å². The van der Waals surface area contributed by atoms with E-state index in [1.165, 1.54) is 0 Å². The van der Waals surface area contributed by atoms with Crippen LogP contribution < -0.4 is 5.73 Å². The Bertz CT molecular complexity index is 123. The summed E-state index contributed by atoms with van der Waals surface area (Å²) >= 11 is 0. The van der Waals surface area contributed by atoms with Gasteiger partial charge in [-0.2, -0.15) is 0 Å². The predicted octanol–water partition coefficient (Wildman–Crippen LogP) is 0.485. The van der Waals surface area contributed by atoms with Crippen molar-refractivity contribution in [2.24, 2.45) is 5.73 Å². The van der Waals surface area contributed by atoms with Crippen molar-refractivity contribution in [3.8, 4) is 0 Å². The Morgan fingerprint density at radius 2 is 2.20 bits per heavy atom. The van der Waals surface area contributed by atoms with Gasteiger partial charge < -0.3 is 15.2 Å². The molecule has 1 saturated heterocycles.